The van der Waals surface area contributed by atoms with E-state index in [1.807, 2.05) is 13.1 Å². The van der Waals surface area contributed by atoms with Crippen LogP contribution in [0.15, 0.2) is 24.4 Å². The van der Waals surface area contributed by atoms with Gasteiger partial charge >= 0.3 is 5.69 Å². The monoisotopic (exact) mass is 281 g/mol. The van der Waals surface area contributed by atoms with Crippen LogP contribution >= 0.6 is 11.6 Å². The van der Waals surface area contributed by atoms with Crippen LogP contribution in [0.1, 0.15) is 5.69 Å². The van der Waals surface area contributed by atoms with Gasteiger partial charge in [0.15, 0.2) is 0 Å². The van der Waals surface area contributed by atoms with Gasteiger partial charge in [0.25, 0.3) is 0 Å². The Hall–Kier alpha value is -2.15. The summed E-state index contributed by atoms with van der Waals surface area (Å²) < 4.78 is 1.75. The van der Waals surface area contributed by atoms with E-state index in [9.17, 15) is 10.1 Å². The molecule has 0 fully saturated rings. The van der Waals surface area contributed by atoms with Crippen LogP contribution in [0.25, 0.3) is 0 Å². The first-order valence-electron chi connectivity index (χ1n) is 5.59. The van der Waals surface area contributed by atoms with Gasteiger partial charge < -0.3 is 5.32 Å². The molecule has 19 heavy (non-hydrogen) atoms. The summed E-state index contributed by atoms with van der Waals surface area (Å²) in [5.74, 6) is 0.180. The molecule has 0 saturated carbocycles. The largest absolute Gasteiger partial charge is 0.364 e. The topological polar surface area (TPSA) is 85.9 Å². The van der Waals surface area contributed by atoms with Gasteiger partial charge in [0.2, 0.25) is 5.82 Å². The minimum Gasteiger partial charge on any atom is -0.364 e. The van der Waals surface area contributed by atoms with Crippen molar-refractivity contribution in [3.05, 3.63) is 45.4 Å². The zero-order valence-corrected chi connectivity index (χ0v) is 11.0. The highest BCUT2D eigenvalue weighted by Crippen LogP contribution is 2.23. The van der Waals surface area contributed by atoms with E-state index in [-0.39, 0.29) is 16.7 Å². The molecule has 2 aromatic heterocycles. The predicted octanol–water partition coefficient (Wildman–Crippen LogP) is 2.03. The van der Waals surface area contributed by atoms with Gasteiger partial charge in [-0.15, -0.1) is 0 Å². The first kappa shape index (κ1) is 13.3. The second kappa shape index (κ2) is 5.66. The van der Waals surface area contributed by atoms with E-state index < -0.39 is 4.92 Å². The maximum Gasteiger partial charge on any atom is 0.311 e. The molecule has 0 aliphatic rings. The van der Waals surface area contributed by atoms with Crippen LogP contribution in [0, 0.1) is 10.1 Å². The number of anilines is 1. The molecule has 0 saturated heterocycles. The number of hydrogen-bond acceptors (Lipinski definition) is 5. The second-order valence-electron chi connectivity index (χ2n) is 3.88. The van der Waals surface area contributed by atoms with E-state index in [1.54, 1.807) is 10.9 Å². The van der Waals surface area contributed by atoms with E-state index in [4.69, 9.17) is 11.6 Å². The fourth-order valence-electron chi connectivity index (χ4n) is 1.66. The lowest BCUT2D eigenvalue weighted by molar-refractivity contribution is -0.384. The third-order valence-corrected chi connectivity index (χ3v) is 2.84. The van der Waals surface area contributed by atoms with Crippen LogP contribution in [0.4, 0.5) is 11.5 Å². The molecule has 0 aliphatic heterocycles. The molecule has 0 radical (unpaired) electrons. The molecule has 2 heterocycles. The van der Waals surface area contributed by atoms with E-state index in [0.717, 1.165) is 5.69 Å². The van der Waals surface area contributed by atoms with Crippen LogP contribution in [0.5, 0.6) is 0 Å². The first-order chi connectivity index (χ1) is 9.08. The molecule has 2 aromatic rings. The summed E-state index contributed by atoms with van der Waals surface area (Å²) >= 11 is 5.74. The third kappa shape index (κ3) is 3.19. The summed E-state index contributed by atoms with van der Waals surface area (Å²) in [6.07, 6.45) is 2.39. The SMILES string of the molecule is Cn1nccc1CCNc1nc(Cl)ccc1[N+](=O)[O-]. The summed E-state index contributed by atoms with van der Waals surface area (Å²) in [6, 6.07) is 4.62. The average molecular weight is 282 g/mol. The van der Waals surface area contributed by atoms with Crippen molar-refractivity contribution >= 4 is 23.1 Å². The summed E-state index contributed by atoms with van der Waals surface area (Å²) in [4.78, 5) is 14.3. The normalized spacial score (nSPS) is 10.4. The van der Waals surface area contributed by atoms with Gasteiger partial charge in [0.05, 0.1) is 4.92 Å². The van der Waals surface area contributed by atoms with Crippen molar-refractivity contribution in [1.29, 1.82) is 0 Å². The predicted molar refractivity (Wildman–Crippen MR) is 71.3 cm³/mol. The minimum absolute atomic E-state index is 0.0885. The number of pyridine rings is 1. The molecule has 7 nitrogen and oxygen atoms in total. The number of halogens is 1. The number of hydrogen-bond donors (Lipinski definition) is 1. The van der Waals surface area contributed by atoms with Gasteiger partial charge in [0.1, 0.15) is 5.15 Å². The molecular weight excluding hydrogens is 270 g/mol. The smallest absolute Gasteiger partial charge is 0.311 e. The Kier molecular flexibility index (Phi) is 3.96. The highest BCUT2D eigenvalue weighted by Gasteiger charge is 2.15. The molecule has 0 aromatic carbocycles. The van der Waals surface area contributed by atoms with Gasteiger partial charge in [-0.25, -0.2) is 4.98 Å². The van der Waals surface area contributed by atoms with Crippen molar-refractivity contribution in [3.63, 3.8) is 0 Å². The molecule has 1 N–H and O–H groups in total. The highest BCUT2D eigenvalue weighted by atomic mass is 35.5. The number of nitro groups is 1. The number of nitrogens with zero attached hydrogens (tertiary/aromatic N) is 4. The van der Waals surface area contributed by atoms with Crippen molar-refractivity contribution in [1.82, 2.24) is 14.8 Å². The minimum atomic E-state index is -0.490. The summed E-state index contributed by atoms with van der Waals surface area (Å²) in [6.45, 7) is 0.508. The second-order valence-corrected chi connectivity index (χ2v) is 4.27. The lowest BCUT2D eigenvalue weighted by atomic mass is 10.3. The maximum atomic E-state index is 10.8. The van der Waals surface area contributed by atoms with Crippen molar-refractivity contribution < 1.29 is 4.92 Å². The number of nitrogens with one attached hydrogen (secondary N) is 1. The van der Waals surface area contributed by atoms with Crippen molar-refractivity contribution in [2.24, 2.45) is 7.05 Å². The van der Waals surface area contributed by atoms with Gasteiger partial charge in [0, 0.05) is 38.0 Å². The number of rotatable bonds is 5. The third-order valence-electron chi connectivity index (χ3n) is 2.63. The lowest BCUT2D eigenvalue weighted by Crippen LogP contribution is -2.10. The zero-order valence-electron chi connectivity index (χ0n) is 10.2. The molecule has 0 atom stereocenters. The maximum absolute atomic E-state index is 10.8. The standard InChI is InChI=1S/C11H12ClN5O2/c1-16-8(5-7-14-16)4-6-13-11-9(17(18)19)2-3-10(12)15-11/h2-3,5,7H,4,6H2,1H3,(H,13,15). The van der Waals surface area contributed by atoms with Crippen LogP contribution in [0.2, 0.25) is 5.15 Å². The van der Waals surface area contributed by atoms with Crippen molar-refractivity contribution in [2.75, 3.05) is 11.9 Å². The Bertz CT molecular complexity index is 599. The Morgan fingerprint density at radius 1 is 1.47 bits per heavy atom. The highest BCUT2D eigenvalue weighted by molar-refractivity contribution is 6.29. The molecule has 0 spiro atoms. The van der Waals surface area contributed by atoms with Crippen LogP contribution in [-0.4, -0.2) is 26.2 Å². The Morgan fingerprint density at radius 2 is 2.26 bits per heavy atom. The zero-order chi connectivity index (χ0) is 13.8. The van der Waals surface area contributed by atoms with Gasteiger partial charge in [-0.05, 0) is 12.1 Å². The van der Waals surface area contributed by atoms with Crippen LogP contribution in [-0.2, 0) is 13.5 Å². The van der Waals surface area contributed by atoms with Crippen molar-refractivity contribution in [2.45, 2.75) is 6.42 Å². The fourth-order valence-corrected chi connectivity index (χ4v) is 1.81. The summed E-state index contributed by atoms with van der Waals surface area (Å²) in [7, 11) is 1.84. The van der Waals surface area contributed by atoms with Crippen LogP contribution in [0.3, 0.4) is 0 Å². The molecule has 0 bridgehead atoms. The summed E-state index contributed by atoms with van der Waals surface area (Å²) in [5.41, 5.74) is 0.937. The van der Waals surface area contributed by atoms with E-state index >= 15 is 0 Å². The number of aryl methyl sites for hydroxylation is 1. The quantitative estimate of drug-likeness (QED) is 0.515. The van der Waals surface area contributed by atoms with E-state index in [1.165, 1.54) is 12.1 Å². The van der Waals surface area contributed by atoms with E-state index in [0.29, 0.717) is 13.0 Å². The Labute approximate surface area is 114 Å². The lowest BCUT2D eigenvalue weighted by Gasteiger charge is -2.06. The van der Waals surface area contributed by atoms with Gasteiger partial charge in [-0.3, -0.25) is 14.8 Å². The van der Waals surface area contributed by atoms with Crippen molar-refractivity contribution in [3.8, 4) is 0 Å². The molecule has 0 unspecified atom stereocenters. The molecule has 0 amide bonds. The average Bonchev–Trinajstić information content (AvgIpc) is 2.75. The summed E-state index contributed by atoms with van der Waals surface area (Å²) in [5, 5.41) is 18.0. The van der Waals surface area contributed by atoms with E-state index in [2.05, 4.69) is 15.4 Å². The Morgan fingerprint density at radius 3 is 2.89 bits per heavy atom. The fraction of sp³-hybridized carbons (Fsp3) is 0.273. The molecule has 2 rings (SSSR count). The number of aromatic nitrogens is 3. The molecule has 0 aliphatic carbocycles. The van der Waals surface area contributed by atoms with Gasteiger partial charge in [-0.1, -0.05) is 11.6 Å². The molecule has 8 heteroatoms. The molecular formula is C11H12ClN5O2. The van der Waals surface area contributed by atoms with Crippen LogP contribution < -0.4 is 5.32 Å². The molecule has 100 valence electrons. The van der Waals surface area contributed by atoms with Gasteiger partial charge in [-0.2, -0.15) is 5.10 Å². The Balaban J connectivity index is 2.05. The first-order valence-corrected chi connectivity index (χ1v) is 5.97.